The molecule has 0 aromatic heterocycles. The number of amides is 4. The summed E-state index contributed by atoms with van der Waals surface area (Å²) in [5.41, 5.74) is 9.98. The Morgan fingerprint density at radius 3 is 2.09 bits per heavy atom. The van der Waals surface area contributed by atoms with Gasteiger partial charge in [-0.2, -0.15) is 0 Å². The van der Waals surface area contributed by atoms with Gasteiger partial charge in [-0.05, 0) is 67.3 Å². The quantitative estimate of drug-likeness (QED) is 0.275. The minimum atomic E-state index is -0.805. The van der Waals surface area contributed by atoms with E-state index in [0.717, 1.165) is 61.5 Å². The second-order valence-electron chi connectivity index (χ2n) is 10.8. The van der Waals surface area contributed by atoms with E-state index in [-0.39, 0.29) is 24.3 Å². The Morgan fingerprint density at radius 2 is 1.53 bits per heavy atom. The number of nitrogens with zero attached hydrogens (tertiary/aromatic N) is 2. The van der Waals surface area contributed by atoms with E-state index in [4.69, 9.17) is 15.6 Å². The maximum atomic E-state index is 12.4. The SMILES string of the molecule is CN1CCOCC1.NC(=O)C1CCCN(C(=O)Nc2ccc(-c3ccccc3)cc2)C1.O=CNc1ccc(CCC(=O)O)cc1. The van der Waals surface area contributed by atoms with Crippen molar-refractivity contribution >= 4 is 35.7 Å². The van der Waals surface area contributed by atoms with Gasteiger partial charge in [-0.25, -0.2) is 4.79 Å². The second-order valence-corrected chi connectivity index (χ2v) is 10.8. The van der Waals surface area contributed by atoms with E-state index in [1.165, 1.54) is 0 Å². The van der Waals surface area contributed by atoms with Crippen molar-refractivity contribution in [1.29, 1.82) is 0 Å². The van der Waals surface area contributed by atoms with Crippen LogP contribution in [0, 0.1) is 5.92 Å². The van der Waals surface area contributed by atoms with Crippen molar-refractivity contribution in [2.75, 3.05) is 57.1 Å². The molecule has 45 heavy (non-hydrogen) atoms. The first-order valence-corrected chi connectivity index (χ1v) is 15.0. The fourth-order valence-corrected chi connectivity index (χ4v) is 4.71. The van der Waals surface area contributed by atoms with Crippen molar-refractivity contribution in [3.05, 3.63) is 84.4 Å². The Labute approximate surface area is 264 Å². The third-order valence-electron chi connectivity index (χ3n) is 7.40. The van der Waals surface area contributed by atoms with E-state index in [1.54, 1.807) is 29.2 Å². The molecule has 2 aliphatic heterocycles. The molecular weight excluding hydrogens is 574 g/mol. The number of anilines is 2. The molecule has 0 spiro atoms. The van der Waals surface area contributed by atoms with Gasteiger partial charge < -0.3 is 36.0 Å². The van der Waals surface area contributed by atoms with Gasteiger partial charge in [0.15, 0.2) is 0 Å². The normalized spacial score (nSPS) is 16.1. The van der Waals surface area contributed by atoms with E-state index >= 15 is 0 Å². The summed E-state index contributed by atoms with van der Waals surface area (Å²) in [7, 11) is 2.11. The summed E-state index contributed by atoms with van der Waals surface area (Å²) in [4.78, 5) is 48.0. The van der Waals surface area contributed by atoms with Crippen LogP contribution in [0.4, 0.5) is 16.2 Å². The number of morpholine rings is 1. The number of benzene rings is 3. The summed E-state index contributed by atoms with van der Waals surface area (Å²) >= 11 is 0. The van der Waals surface area contributed by atoms with Crippen LogP contribution in [-0.4, -0.2) is 85.7 Å². The van der Waals surface area contributed by atoms with Gasteiger partial charge in [-0.1, -0.05) is 54.6 Å². The number of piperidine rings is 1. The van der Waals surface area contributed by atoms with Gasteiger partial charge in [0, 0.05) is 44.0 Å². The number of primary amides is 1. The number of rotatable bonds is 8. The minimum Gasteiger partial charge on any atom is -0.481 e. The number of carbonyl (C=O) groups is 4. The van der Waals surface area contributed by atoms with E-state index < -0.39 is 5.97 Å². The third kappa shape index (κ3) is 12.8. The number of ether oxygens (including phenoxy) is 1. The molecule has 2 aliphatic rings. The van der Waals surface area contributed by atoms with Crippen LogP contribution in [0.15, 0.2) is 78.9 Å². The maximum Gasteiger partial charge on any atom is 0.321 e. The molecule has 4 amide bonds. The maximum absolute atomic E-state index is 12.4. The van der Waals surface area contributed by atoms with Crippen molar-refractivity contribution in [2.24, 2.45) is 11.7 Å². The topological polar surface area (TPSA) is 154 Å². The molecule has 0 bridgehead atoms. The van der Waals surface area contributed by atoms with Crippen LogP contribution in [0.2, 0.25) is 0 Å². The average Bonchev–Trinajstić information content (AvgIpc) is 3.06. The fraction of sp³-hybridized carbons (Fsp3) is 0.353. The van der Waals surface area contributed by atoms with Gasteiger partial charge >= 0.3 is 12.0 Å². The smallest absolute Gasteiger partial charge is 0.321 e. The fourth-order valence-electron chi connectivity index (χ4n) is 4.71. The Bertz CT molecular complexity index is 1350. The highest BCUT2D eigenvalue weighted by molar-refractivity contribution is 5.90. The number of urea groups is 1. The Hall–Kier alpha value is -4.74. The van der Waals surface area contributed by atoms with E-state index in [2.05, 4.69) is 22.6 Å². The lowest BCUT2D eigenvalue weighted by Gasteiger charge is -2.31. The molecule has 5 N–H and O–H groups in total. The molecule has 0 radical (unpaired) electrons. The molecule has 11 nitrogen and oxygen atoms in total. The summed E-state index contributed by atoms with van der Waals surface area (Å²) < 4.78 is 5.10. The zero-order chi connectivity index (χ0) is 32.4. The number of nitrogens with one attached hydrogen (secondary N) is 2. The molecule has 0 aliphatic carbocycles. The number of carbonyl (C=O) groups excluding carboxylic acids is 3. The molecule has 0 saturated carbocycles. The highest BCUT2D eigenvalue weighted by Crippen LogP contribution is 2.22. The van der Waals surface area contributed by atoms with Crippen LogP contribution >= 0.6 is 0 Å². The van der Waals surface area contributed by atoms with Gasteiger partial charge in [0.25, 0.3) is 0 Å². The summed E-state index contributed by atoms with van der Waals surface area (Å²) in [6.07, 6.45) is 2.79. The Balaban J connectivity index is 0.000000220. The number of hydrogen-bond donors (Lipinski definition) is 4. The van der Waals surface area contributed by atoms with Gasteiger partial charge in [0.05, 0.1) is 19.1 Å². The number of nitrogens with two attached hydrogens (primary N) is 1. The first-order chi connectivity index (χ1) is 21.7. The number of carboxylic acid groups (broad SMARTS) is 1. The molecular formula is C34H43N5O6. The molecule has 1 unspecified atom stereocenters. The molecule has 2 fully saturated rings. The number of likely N-dealkylation sites (tertiary alicyclic amines) is 1. The van der Waals surface area contributed by atoms with Gasteiger partial charge in [0.2, 0.25) is 12.3 Å². The predicted octanol–water partition coefficient (Wildman–Crippen LogP) is 4.30. The lowest BCUT2D eigenvalue weighted by Crippen LogP contribution is -2.45. The van der Waals surface area contributed by atoms with Gasteiger partial charge in [-0.15, -0.1) is 0 Å². The molecule has 240 valence electrons. The molecule has 3 aromatic rings. The molecule has 11 heteroatoms. The summed E-state index contributed by atoms with van der Waals surface area (Å²) in [5.74, 6) is -1.38. The van der Waals surface area contributed by atoms with Crippen molar-refractivity contribution in [1.82, 2.24) is 9.80 Å². The van der Waals surface area contributed by atoms with Gasteiger partial charge in [0.1, 0.15) is 0 Å². The first kappa shape index (κ1) is 34.7. The number of aliphatic carboxylic acids is 1. The monoisotopic (exact) mass is 617 g/mol. The number of carboxylic acids is 1. The Morgan fingerprint density at radius 1 is 0.911 bits per heavy atom. The number of hydrogen-bond acceptors (Lipinski definition) is 6. The van der Waals surface area contributed by atoms with Crippen LogP contribution in [0.5, 0.6) is 0 Å². The number of likely N-dealkylation sites (N-methyl/N-ethyl adjacent to an activating group) is 1. The van der Waals surface area contributed by atoms with E-state index in [0.29, 0.717) is 31.6 Å². The summed E-state index contributed by atoms with van der Waals surface area (Å²) in [6, 6.07) is 24.7. The van der Waals surface area contributed by atoms with Crippen molar-refractivity contribution < 1.29 is 29.0 Å². The zero-order valence-electron chi connectivity index (χ0n) is 25.7. The third-order valence-corrected chi connectivity index (χ3v) is 7.40. The lowest BCUT2D eigenvalue weighted by atomic mass is 9.98. The average molecular weight is 618 g/mol. The van der Waals surface area contributed by atoms with Gasteiger partial charge in [-0.3, -0.25) is 14.4 Å². The van der Waals surface area contributed by atoms with Crippen molar-refractivity contribution in [3.63, 3.8) is 0 Å². The molecule has 2 heterocycles. The van der Waals surface area contributed by atoms with E-state index in [9.17, 15) is 19.2 Å². The predicted molar refractivity (Wildman–Crippen MR) is 175 cm³/mol. The van der Waals surface area contributed by atoms with Crippen LogP contribution in [0.3, 0.4) is 0 Å². The second kappa shape index (κ2) is 18.8. The standard InChI is InChI=1S/C19H21N3O2.C10H11NO3.C5H11NO/c20-18(23)16-7-4-12-22(13-16)19(24)21-17-10-8-15(9-11-17)14-5-2-1-3-6-14;12-7-11-9-4-1-8(2-5-9)3-6-10(13)14;1-6-2-4-7-5-3-6/h1-3,5-6,8-11,16H,4,7,12-13H2,(H2,20,23)(H,21,24);1-2,4-5,7H,3,6H2,(H,11,12)(H,13,14);2-5H2,1H3. The Kier molecular flexibility index (Phi) is 14.5. The lowest BCUT2D eigenvalue weighted by molar-refractivity contribution is -0.137. The highest BCUT2D eigenvalue weighted by Gasteiger charge is 2.26. The summed E-state index contributed by atoms with van der Waals surface area (Å²) in [6.45, 7) is 5.06. The van der Waals surface area contributed by atoms with Crippen LogP contribution < -0.4 is 16.4 Å². The zero-order valence-corrected chi connectivity index (χ0v) is 25.7. The van der Waals surface area contributed by atoms with Crippen LogP contribution in [0.1, 0.15) is 24.8 Å². The highest BCUT2D eigenvalue weighted by atomic mass is 16.5. The largest absolute Gasteiger partial charge is 0.481 e. The first-order valence-electron chi connectivity index (χ1n) is 15.0. The number of aryl methyl sites for hydroxylation is 1. The molecule has 5 rings (SSSR count). The van der Waals surface area contributed by atoms with Crippen LogP contribution in [0.25, 0.3) is 11.1 Å². The molecule has 1 atom stereocenters. The van der Waals surface area contributed by atoms with E-state index in [1.807, 2.05) is 54.6 Å². The summed E-state index contributed by atoms with van der Waals surface area (Å²) in [5, 5.41) is 13.8. The van der Waals surface area contributed by atoms with Crippen molar-refractivity contribution in [2.45, 2.75) is 25.7 Å². The molecule has 2 saturated heterocycles. The van der Waals surface area contributed by atoms with Crippen molar-refractivity contribution in [3.8, 4) is 11.1 Å². The van der Waals surface area contributed by atoms with Crippen LogP contribution in [-0.2, 0) is 25.5 Å². The molecule has 3 aromatic carbocycles. The minimum absolute atomic E-state index is 0.125.